The first-order valence-electron chi connectivity index (χ1n) is 8.06. The maximum absolute atomic E-state index is 12.6. The molecule has 24 heavy (non-hydrogen) atoms. The maximum Gasteiger partial charge on any atom is 0.267 e. The lowest BCUT2D eigenvalue weighted by atomic mass is 10.1. The number of hydrogen-bond acceptors (Lipinski definition) is 2. The van der Waals surface area contributed by atoms with Crippen molar-refractivity contribution >= 4 is 11.4 Å². The second kappa shape index (κ2) is 6.71. The molecule has 0 saturated carbocycles. The number of aromatic nitrogens is 1. The third-order valence-electron chi connectivity index (χ3n) is 4.14. The van der Waals surface area contributed by atoms with Gasteiger partial charge in [-0.3, -0.25) is 14.0 Å². The van der Waals surface area contributed by atoms with Crippen LogP contribution in [0.3, 0.4) is 0 Å². The molecule has 1 amide bonds. The van der Waals surface area contributed by atoms with Crippen molar-refractivity contribution in [3.05, 3.63) is 87.3 Å². The van der Waals surface area contributed by atoms with Gasteiger partial charge in [0.05, 0.1) is 0 Å². The van der Waals surface area contributed by atoms with E-state index in [0.29, 0.717) is 6.54 Å². The van der Waals surface area contributed by atoms with Crippen molar-refractivity contribution in [3.63, 3.8) is 0 Å². The Morgan fingerprint density at radius 1 is 1.00 bits per heavy atom. The molecule has 0 spiro atoms. The summed E-state index contributed by atoms with van der Waals surface area (Å²) >= 11 is 0. The highest BCUT2D eigenvalue weighted by Gasteiger charge is 2.12. The highest BCUT2D eigenvalue weighted by molar-refractivity contribution is 5.94. The lowest BCUT2D eigenvalue weighted by Gasteiger charge is -2.08. The van der Waals surface area contributed by atoms with Gasteiger partial charge in [-0.2, -0.15) is 0 Å². The number of nitrogens with zero attached hydrogens (tertiary/aromatic N) is 1. The van der Waals surface area contributed by atoms with E-state index in [1.54, 1.807) is 22.7 Å². The summed E-state index contributed by atoms with van der Waals surface area (Å²) in [6.45, 7) is 4.45. The molecule has 0 atom stereocenters. The fourth-order valence-corrected chi connectivity index (χ4v) is 2.60. The molecule has 0 saturated heterocycles. The van der Waals surface area contributed by atoms with Crippen molar-refractivity contribution in [2.75, 3.05) is 0 Å². The average Bonchev–Trinajstić information content (AvgIpc) is 2.61. The minimum atomic E-state index is -0.350. The monoisotopic (exact) mass is 320 g/mol. The molecule has 0 aliphatic carbocycles. The molecule has 4 heteroatoms. The molecule has 0 aliphatic heterocycles. The van der Waals surface area contributed by atoms with Crippen LogP contribution in [0.5, 0.6) is 0 Å². The van der Waals surface area contributed by atoms with E-state index in [-0.39, 0.29) is 17.0 Å². The predicted molar refractivity (Wildman–Crippen MR) is 95.4 cm³/mol. The zero-order chi connectivity index (χ0) is 17.1. The number of fused-ring (bicyclic) bond motifs is 1. The van der Waals surface area contributed by atoms with E-state index in [1.807, 2.05) is 50.2 Å². The van der Waals surface area contributed by atoms with Gasteiger partial charge in [0, 0.05) is 18.3 Å². The number of carbonyl (C=O) groups excluding carboxylic acids is 1. The van der Waals surface area contributed by atoms with Crippen LogP contribution in [0.15, 0.2) is 59.5 Å². The van der Waals surface area contributed by atoms with Gasteiger partial charge in [-0.25, -0.2) is 0 Å². The summed E-state index contributed by atoms with van der Waals surface area (Å²) < 4.78 is 1.54. The molecule has 0 bridgehead atoms. The Kier molecular flexibility index (Phi) is 4.47. The normalized spacial score (nSPS) is 10.8. The number of carbonyl (C=O) groups is 1. The summed E-state index contributed by atoms with van der Waals surface area (Å²) in [4.78, 5) is 25.0. The molecule has 1 aromatic carbocycles. The van der Waals surface area contributed by atoms with Gasteiger partial charge >= 0.3 is 0 Å². The summed E-state index contributed by atoms with van der Waals surface area (Å²) in [5.41, 5.74) is 3.89. The summed E-state index contributed by atoms with van der Waals surface area (Å²) in [7, 11) is 0. The van der Waals surface area contributed by atoms with Crippen LogP contribution in [0.1, 0.15) is 34.0 Å². The Labute approximate surface area is 140 Å². The maximum atomic E-state index is 12.6. The average molecular weight is 320 g/mol. The first-order valence-corrected chi connectivity index (χ1v) is 8.06. The molecular weight excluding hydrogens is 300 g/mol. The molecule has 0 unspecified atom stereocenters. The summed E-state index contributed by atoms with van der Waals surface area (Å²) in [6.07, 6.45) is 2.64. The van der Waals surface area contributed by atoms with Crippen LogP contribution in [0.2, 0.25) is 0 Å². The minimum Gasteiger partial charge on any atom is -0.348 e. The Balaban J connectivity index is 1.85. The van der Waals surface area contributed by atoms with Gasteiger partial charge < -0.3 is 5.32 Å². The molecule has 3 rings (SSSR count). The van der Waals surface area contributed by atoms with E-state index < -0.39 is 0 Å². The van der Waals surface area contributed by atoms with Gasteiger partial charge in [0.25, 0.3) is 11.5 Å². The molecule has 2 heterocycles. The van der Waals surface area contributed by atoms with Crippen LogP contribution < -0.4 is 10.9 Å². The Bertz CT molecular complexity index is 940. The van der Waals surface area contributed by atoms with Crippen LogP contribution in [0.25, 0.3) is 5.52 Å². The van der Waals surface area contributed by atoms with E-state index in [0.717, 1.165) is 23.1 Å². The first-order chi connectivity index (χ1) is 11.6. The number of aryl methyl sites for hydroxylation is 2. The Hall–Kier alpha value is -2.88. The van der Waals surface area contributed by atoms with Gasteiger partial charge in [0.2, 0.25) is 0 Å². The third-order valence-corrected chi connectivity index (χ3v) is 4.14. The highest BCUT2D eigenvalue weighted by Crippen LogP contribution is 2.07. The molecular formula is C20H20N2O2. The lowest BCUT2D eigenvalue weighted by Crippen LogP contribution is -2.30. The SMILES string of the molecule is CCc1ccc2ccc(C(=O)NCc3ccc(C)cc3)c(=O)n2c1. The van der Waals surface area contributed by atoms with E-state index in [9.17, 15) is 9.59 Å². The van der Waals surface area contributed by atoms with Gasteiger partial charge in [-0.15, -0.1) is 0 Å². The van der Waals surface area contributed by atoms with Crippen molar-refractivity contribution in [1.29, 1.82) is 0 Å². The Morgan fingerprint density at radius 3 is 2.38 bits per heavy atom. The van der Waals surface area contributed by atoms with E-state index in [1.165, 1.54) is 5.56 Å². The van der Waals surface area contributed by atoms with Crippen molar-refractivity contribution in [1.82, 2.24) is 9.72 Å². The number of amides is 1. The van der Waals surface area contributed by atoms with Crippen LogP contribution in [-0.2, 0) is 13.0 Å². The quantitative estimate of drug-likeness (QED) is 0.803. The third kappa shape index (κ3) is 3.23. The van der Waals surface area contributed by atoms with Crippen LogP contribution in [-0.4, -0.2) is 10.3 Å². The molecule has 0 aliphatic rings. The fraction of sp³-hybridized carbons (Fsp3) is 0.200. The molecule has 4 nitrogen and oxygen atoms in total. The van der Waals surface area contributed by atoms with Crippen molar-refractivity contribution in [2.45, 2.75) is 26.8 Å². The Morgan fingerprint density at radius 2 is 1.67 bits per heavy atom. The number of hydrogen-bond donors (Lipinski definition) is 1. The number of nitrogens with one attached hydrogen (secondary N) is 1. The van der Waals surface area contributed by atoms with E-state index in [2.05, 4.69) is 5.32 Å². The minimum absolute atomic E-state index is 0.160. The molecule has 0 fully saturated rings. The lowest BCUT2D eigenvalue weighted by molar-refractivity contribution is 0.0949. The van der Waals surface area contributed by atoms with Gasteiger partial charge in [0.1, 0.15) is 5.56 Å². The zero-order valence-electron chi connectivity index (χ0n) is 13.9. The summed E-state index contributed by atoms with van der Waals surface area (Å²) in [5, 5.41) is 2.82. The fourth-order valence-electron chi connectivity index (χ4n) is 2.60. The summed E-state index contributed by atoms with van der Waals surface area (Å²) in [6, 6.07) is 15.2. The molecule has 2 aromatic heterocycles. The van der Waals surface area contributed by atoms with Gasteiger partial charge in [0.15, 0.2) is 0 Å². The molecule has 122 valence electrons. The number of pyridine rings is 2. The molecule has 3 aromatic rings. The van der Waals surface area contributed by atoms with Crippen LogP contribution >= 0.6 is 0 Å². The molecule has 1 N–H and O–H groups in total. The topological polar surface area (TPSA) is 50.6 Å². The predicted octanol–water partition coefficient (Wildman–Crippen LogP) is 3.10. The van der Waals surface area contributed by atoms with E-state index in [4.69, 9.17) is 0 Å². The number of benzene rings is 1. The highest BCUT2D eigenvalue weighted by atomic mass is 16.2. The molecule has 0 radical (unpaired) electrons. The summed E-state index contributed by atoms with van der Waals surface area (Å²) in [5.74, 6) is -0.350. The van der Waals surface area contributed by atoms with Crippen molar-refractivity contribution < 1.29 is 4.79 Å². The second-order valence-electron chi connectivity index (χ2n) is 5.91. The van der Waals surface area contributed by atoms with Crippen molar-refractivity contribution in [2.24, 2.45) is 0 Å². The largest absolute Gasteiger partial charge is 0.348 e. The van der Waals surface area contributed by atoms with Crippen LogP contribution in [0.4, 0.5) is 0 Å². The van der Waals surface area contributed by atoms with Crippen molar-refractivity contribution in [3.8, 4) is 0 Å². The first kappa shape index (κ1) is 16.0. The second-order valence-corrected chi connectivity index (χ2v) is 5.91. The van der Waals surface area contributed by atoms with Crippen LogP contribution in [0, 0.1) is 6.92 Å². The van der Waals surface area contributed by atoms with Gasteiger partial charge in [-0.1, -0.05) is 42.8 Å². The van der Waals surface area contributed by atoms with Gasteiger partial charge in [-0.05, 0) is 42.7 Å². The standard InChI is InChI=1S/C20H20N2O2/c1-3-15-8-9-17-10-11-18(20(24)22(17)13-15)19(23)21-12-16-6-4-14(2)5-7-16/h4-11,13H,3,12H2,1-2H3,(H,21,23). The van der Waals surface area contributed by atoms with E-state index >= 15 is 0 Å². The smallest absolute Gasteiger partial charge is 0.267 e. The zero-order valence-corrected chi connectivity index (χ0v) is 13.9. The number of rotatable bonds is 4.